The SMILES string of the molecule is NC(=S)c1ccccc1N1CCC(c2ccccc2)C1. The molecule has 0 aromatic heterocycles. The summed E-state index contributed by atoms with van der Waals surface area (Å²) >= 11 is 5.16. The lowest BCUT2D eigenvalue weighted by atomic mass is 9.99. The maximum absolute atomic E-state index is 5.83. The first kappa shape index (κ1) is 13.1. The number of nitrogens with two attached hydrogens (primary N) is 1. The van der Waals surface area contributed by atoms with Crippen molar-refractivity contribution in [2.75, 3.05) is 18.0 Å². The Morgan fingerprint density at radius 2 is 1.75 bits per heavy atom. The molecule has 2 aromatic rings. The molecule has 0 aliphatic carbocycles. The van der Waals surface area contributed by atoms with E-state index in [9.17, 15) is 0 Å². The van der Waals surface area contributed by atoms with Gasteiger partial charge in [-0.15, -0.1) is 0 Å². The van der Waals surface area contributed by atoms with Crippen molar-refractivity contribution < 1.29 is 0 Å². The van der Waals surface area contributed by atoms with E-state index in [1.54, 1.807) is 0 Å². The van der Waals surface area contributed by atoms with Gasteiger partial charge in [0.15, 0.2) is 0 Å². The summed E-state index contributed by atoms with van der Waals surface area (Å²) in [6.45, 7) is 2.09. The molecule has 0 saturated carbocycles. The van der Waals surface area contributed by atoms with Crippen molar-refractivity contribution in [2.45, 2.75) is 12.3 Å². The largest absolute Gasteiger partial charge is 0.389 e. The molecule has 1 atom stereocenters. The maximum atomic E-state index is 5.83. The van der Waals surface area contributed by atoms with E-state index < -0.39 is 0 Å². The average molecular weight is 282 g/mol. The van der Waals surface area contributed by atoms with Crippen molar-refractivity contribution in [3.63, 3.8) is 0 Å². The third kappa shape index (κ3) is 2.54. The molecule has 0 spiro atoms. The van der Waals surface area contributed by atoms with Crippen molar-refractivity contribution in [3.05, 3.63) is 65.7 Å². The molecule has 1 aliphatic rings. The van der Waals surface area contributed by atoms with Gasteiger partial charge in [0.05, 0.1) is 0 Å². The van der Waals surface area contributed by atoms with Crippen LogP contribution in [0.5, 0.6) is 0 Å². The molecule has 1 saturated heterocycles. The van der Waals surface area contributed by atoms with Gasteiger partial charge in [-0.2, -0.15) is 0 Å². The Labute approximate surface area is 125 Å². The first-order chi connectivity index (χ1) is 9.75. The zero-order chi connectivity index (χ0) is 13.9. The van der Waals surface area contributed by atoms with Gasteiger partial charge in [-0.3, -0.25) is 0 Å². The van der Waals surface area contributed by atoms with E-state index in [2.05, 4.69) is 41.3 Å². The van der Waals surface area contributed by atoms with Crippen molar-refractivity contribution in [3.8, 4) is 0 Å². The van der Waals surface area contributed by atoms with Crippen molar-refractivity contribution >= 4 is 22.9 Å². The Morgan fingerprint density at radius 1 is 1.05 bits per heavy atom. The Bertz CT molecular complexity index is 609. The molecule has 3 heteroatoms. The van der Waals surface area contributed by atoms with Gasteiger partial charge in [-0.25, -0.2) is 0 Å². The summed E-state index contributed by atoms with van der Waals surface area (Å²) in [5, 5.41) is 0. The highest BCUT2D eigenvalue weighted by Crippen LogP contribution is 2.32. The highest BCUT2D eigenvalue weighted by atomic mass is 32.1. The van der Waals surface area contributed by atoms with Crippen LogP contribution in [0.1, 0.15) is 23.5 Å². The van der Waals surface area contributed by atoms with Crippen LogP contribution < -0.4 is 10.6 Å². The fraction of sp³-hybridized carbons (Fsp3) is 0.235. The van der Waals surface area contributed by atoms with Crippen LogP contribution in [0, 0.1) is 0 Å². The second-order valence-corrected chi connectivity index (χ2v) is 5.66. The van der Waals surface area contributed by atoms with E-state index >= 15 is 0 Å². The van der Waals surface area contributed by atoms with Gasteiger partial charge in [-0.1, -0.05) is 54.7 Å². The number of rotatable bonds is 3. The van der Waals surface area contributed by atoms with Crippen LogP contribution in [-0.4, -0.2) is 18.1 Å². The van der Waals surface area contributed by atoms with Gasteiger partial charge in [-0.05, 0) is 24.1 Å². The molecule has 2 aromatic carbocycles. The van der Waals surface area contributed by atoms with E-state index in [4.69, 9.17) is 18.0 Å². The fourth-order valence-electron chi connectivity index (χ4n) is 2.93. The number of hydrogen-bond donors (Lipinski definition) is 1. The number of nitrogens with zero attached hydrogens (tertiary/aromatic N) is 1. The smallest absolute Gasteiger partial charge is 0.106 e. The van der Waals surface area contributed by atoms with Gasteiger partial charge >= 0.3 is 0 Å². The molecule has 20 heavy (non-hydrogen) atoms. The van der Waals surface area contributed by atoms with Crippen LogP contribution in [-0.2, 0) is 0 Å². The van der Waals surface area contributed by atoms with E-state index in [-0.39, 0.29) is 0 Å². The van der Waals surface area contributed by atoms with Crippen LogP contribution in [0.15, 0.2) is 54.6 Å². The third-order valence-corrected chi connectivity index (χ3v) is 4.19. The molecule has 0 radical (unpaired) electrons. The minimum Gasteiger partial charge on any atom is -0.389 e. The number of para-hydroxylation sites is 1. The highest BCUT2D eigenvalue weighted by molar-refractivity contribution is 7.80. The van der Waals surface area contributed by atoms with E-state index in [1.807, 2.05) is 18.2 Å². The minimum atomic E-state index is 0.476. The number of thiocarbonyl (C=S) groups is 1. The fourth-order valence-corrected chi connectivity index (χ4v) is 3.11. The second-order valence-electron chi connectivity index (χ2n) is 5.22. The summed E-state index contributed by atoms with van der Waals surface area (Å²) < 4.78 is 0. The Hall–Kier alpha value is -1.87. The molecule has 1 aliphatic heterocycles. The molecule has 3 rings (SSSR count). The van der Waals surface area contributed by atoms with E-state index in [1.165, 1.54) is 17.7 Å². The summed E-state index contributed by atoms with van der Waals surface area (Å²) in [5.74, 6) is 0.593. The second kappa shape index (κ2) is 5.63. The summed E-state index contributed by atoms with van der Waals surface area (Å²) in [4.78, 5) is 2.87. The lowest BCUT2D eigenvalue weighted by Gasteiger charge is -2.21. The normalized spacial score (nSPS) is 18.2. The van der Waals surface area contributed by atoms with Crippen molar-refractivity contribution in [1.82, 2.24) is 0 Å². The molecule has 2 N–H and O–H groups in total. The molecule has 1 unspecified atom stereocenters. The van der Waals surface area contributed by atoms with Gasteiger partial charge in [0.1, 0.15) is 4.99 Å². The summed E-state index contributed by atoms with van der Waals surface area (Å²) in [6, 6.07) is 18.9. The lowest BCUT2D eigenvalue weighted by Crippen LogP contribution is -2.23. The quantitative estimate of drug-likeness (QED) is 0.876. The summed E-state index contributed by atoms with van der Waals surface area (Å²) in [6.07, 6.45) is 1.18. The molecule has 2 nitrogen and oxygen atoms in total. The third-order valence-electron chi connectivity index (χ3n) is 3.97. The van der Waals surface area contributed by atoms with Gasteiger partial charge in [0.25, 0.3) is 0 Å². The number of benzene rings is 2. The summed E-state index contributed by atoms with van der Waals surface area (Å²) in [7, 11) is 0. The van der Waals surface area contributed by atoms with E-state index in [0.29, 0.717) is 10.9 Å². The number of anilines is 1. The molecule has 1 fully saturated rings. The van der Waals surface area contributed by atoms with Gasteiger partial charge < -0.3 is 10.6 Å². The first-order valence-electron chi connectivity index (χ1n) is 6.94. The molecule has 1 heterocycles. The van der Waals surface area contributed by atoms with Crippen LogP contribution in [0.25, 0.3) is 0 Å². The van der Waals surface area contributed by atoms with Crippen LogP contribution in [0.3, 0.4) is 0 Å². The Morgan fingerprint density at radius 3 is 2.50 bits per heavy atom. The predicted molar refractivity (Wildman–Crippen MR) is 88.3 cm³/mol. The highest BCUT2D eigenvalue weighted by Gasteiger charge is 2.25. The number of hydrogen-bond acceptors (Lipinski definition) is 2. The Kier molecular flexibility index (Phi) is 3.70. The zero-order valence-corrected chi connectivity index (χ0v) is 12.1. The topological polar surface area (TPSA) is 29.3 Å². The van der Waals surface area contributed by atoms with E-state index in [0.717, 1.165) is 18.7 Å². The lowest BCUT2D eigenvalue weighted by molar-refractivity contribution is 0.775. The van der Waals surface area contributed by atoms with Crippen molar-refractivity contribution in [2.24, 2.45) is 5.73 Å². The van der Waals surface area contributed by atoms with Crippen LogP contribution in [0.2, 0.25) is 0 Å². The monoisotopic (exact) mass is 282 g/mol. The summed E-state index contributed by atoms with van der Waals surface area (Å²) in [5.41, 5.74) is 9.40. The molecular weight excluding hydrogens is 264 g/mol. The molecular formula is C17H18N2S. The first-order valence-corrected chi connectivity index (χ1v) is 7.35. The van der Waals surface area contributed by atoms with Gasteiger partial charge in [0.2, 0.25) is 0 Å². The molecule has 0 amide bonds. The maximum Gasteiger partial charge on any atom is 0.106 e. The standard InChI is InChI=1S/C17H18N2S/c18-17(20)15-8-4-5-9-16(15)19-11-10-14(12-19)13-6-2-1-3-7-13/h1-9,14H,10-12H2,(H2,18,20). The van der Waals surface area contributed by atoms with Gasteiger partial charge in [0, 0.05) is 30.3 Å². The predicted octanol–water partition coefficient (Wildman–Crippen LogP) is 3.31. The Balaban J connectivity index is 1.83. The molecule has 102 valence electrons. The van der Waals surface area contributed by atoms with Crippen LogP contribution in [0.4, 0.5) is 5.69 Å². The minimum absolute atomic E-state index is 0.476. The average Bonchev–Trinajstić information content (AvgIpc) is 2.98. The van der Waals surface area contributed by atoms with Crippen molar-refractivity contribution in [1.29, 1.82) is 0 Å². The molecule has 0 bridgehead atoms. The van der Waals surface area contributed by atoms with Crippen LogP contribution >= 0.6 is 12.2 Å². The zero-order valence-electron chi connectivity index (χ0n) is 11.3.